The number of thioether (sulfide) groups is 1. The van der Waals surface area contributed by atoms with Crippen LogP contribution in [0.5, 0.6) is 0 Å². The van der Waals surface area contributed by atoms with Gasteiger partial charge in [0.15, 0.2) is 10.3 Å². The molecule has 3 aromatic carbocycles. The summed E-state index contributed by atoms with van der Waals surface area (Å²) in [5, 5.41) is 23.2. The zero-order valence-corrected chi connectivity index (χ0v) is 46.3. The van der Waals surface area contributed by atoms with Crippen molar-refractivity contribution in [1.29, 1.82) is 5.41 Å². The summed E-state index contributed by atoms with van der Waals surface area (Å²) in [6.07, 6.45) is 3.18. The van der Waals surface area contributed by atoms with E-state index in [9.17, 15) is 28.8 Å². The van der Waals surface area contributed by atoms with Gasteiger partial charge in [0, 0.05) is 43.9 Å². The first kappa shape index (κ1) is 70.6. The summed E-state index contributed by atoms with van der Waals surface area (Å²) in [7, 11) is 0. The number of benzene rings is 3. The van der Waals surface area contributed by atoms with Crippen molar-refractivity contribution in [3.8, 4) is 0 Å². The average Bonchev–Trinajstić information content (AvgIpc) is 3.79. The Morgan fingerprint density at radius 3 is 1.07 bits per heavy atom. The Balaban J connectivity index is -0.000000376. The minimum absolute atomic E-state index is 0. The molecule has 0 aromatic heterocycles. The maximum Gasteiger partial charge on any atom is 1.00 e. The smallest absolute Gasteiger partial charge is 0.870 e. The Labute approximate surface area is 454 Å². The van der Waals surface area contributed by atoms with Crippen LogP contribution in [0.25, 0.3) is 0 Å². The van der Waals surface area contributed by atoms with Gasteiger partial charge in [0.2, 0.25) is 0 Å². The summed E-state index contributed by atoms with van der Waals surface area (Å²) >= 11 is 16.6. The number of aliphatic hydroxyl groups excluding tert-OH is 2. The van der Waals surface area contributed by atoms with Crippen LogP contribution in [0.3, 0.4) is 0 Å². The van der Waals surface area contributed by atoms with E-state index in [1.165, 1.54) is 26.5 Å². The molecule has 6 rings (SSSR count). The van der Waals surface area contributed by atoms with Gasteiger partial charge in [0.25, 0.3) is 35.4 Å². The molecule has 0 aliphatic carbocycles. The van der Waals surface area contributed by atoms with Gasteiger partial charge in [-0.1, -0.05) is 64.1 Å². The fourth-order valence-electron chi connectivity index (χ4n) is 5.27. The zero-order valence-electron chi connectivity index (χ0n) is 37.6. The summed E-state index contributed by atoms with van der Waals surface area (Å²) in [5.41, 5.74) is 27.3. The van der Waals surface area contributed by atoms with Crippen LogP contribution in [0.15, 0.2) is 72.8 Å². The van der Waals surface area contributed by atoms with Crippen molar-refractivity contribution in [2.24, 2.45) is 28.7 Å². The predicted molar refractivity (Wildman–Crippen MR) is 281 cm³/mol. The third kappa shape index (κ3) is 25.5. The van der Waals surface area contributed by atoms with Crippen LogP contribution in [0, 0.1) is 5.41 Å². The molecule has 14 N–H and O–H groups in total. The number of thiol groups is 2. The first-order chi connectivity index (χ1) is 30.6. The van der Waals surface area contributed by atoms with Gasteiger partial charge < -0.3 is 44.4 Å². The van der Waals surface area contributed by atoms with Gasteiger partial charge in [-0.15, -0.1) is 17.0 Å². The molecule has 3 aromatic rings. The second-order valence-electron chi connectivity index (χ2n) is 12.7. The van der Waals surface area contributed by atoms with Crippen molar-refractivity contribution >= 4 is 128 Å². The van der Waals surface area contributed by atoms with Crippen LogP contribution >= 0.6 is 82.1 Å². The molecule has 0 spiro atoms. The molecule has 0 saturated heterocycles. The van der Waals surface area contributed by atoms with Crippen molar-refractivity contribution in [3.63, 3.8) is 0 Å². The molecule has 18 nitrogen and oxygen atoms in total. The van der Waals surface area contributed by atoms with Crippen LogP contribution in [0.2, 0.25) is 0 Å². The summed E-state index contributed by atoms with van der Waals surface area (Å²) in [6.45, 7) is 4.48. The molecule has 0 radical (unpaired) electrons. The molecule has 3 heterocycles. The molecule has 6 amide bonds. The van der Waals surface area contributed by atoms with E-state index in [2.05, 4.69) is 64.9 Å². The van der Waals surface area contributed by atoms with Crippen LogP contribution in [0.1, 0.15) is 94.8 Å². The van der Waals surface area contributed by atoms with E-state index in [0.717, 1.165) is 36.9 Å². The number of carbonyl (C=O) groups is 6. The van der Waals surface area contributed by atoms with E-state index < -0.39 is 0 Å². The van der Waals surface area contributed by atoms with E-state index in [-0.39, 0.29) is 111 Å². The number of nitrogens with zero attached hydrogens (tertiary/aromatic N) is 3. The summed E-state index contributed by atoms with van der Waals surface area (Å²) in [4.78, 5) is 75.0. The summed E-state index contributed by atoms with van der Waals surface area (Å²) in [5.74, 6) is 1.04. The second kappa shape index (κ2) is 42.0. The van der Waals surface area contributed by atoms with Crippen LogP contribution in [0.4, 0.5) is 0 Å². The second-order valence-corrected chi connectivity index (χ2v) is 16.0. The van der Waals surface area contributed by atoms with Gasteiger partial charge in [0.1, 0.15) is 0 Å². The number of aliphatic hydroxyl groups is 2. The molecule has 67 heavy (non-hydrogen) atoms. The Kier molecular flexibility index (Phi) is 44.2. The van der Waals surface area contributed by atoms with Crippen molar-refractivity contribution in [2.75, 3.05) is 68.5 Å². The van der Waals surface area contributed by atoms with E-state index in [0.29, 0.717) is 77.5 Å². The number of halogens is 2. The number of nitrogens with one attached hydrogen (secondary N) is 1. The van der Waals surface area contributed by atoms with Crippen LogP contribution < -0.4 is 58.2 Å². The molecule has 0 fully saturated rings. The molecular weight excluding hydrogens is 1090 g/mol. The van der Waals surface area contributed by atoms with E-state index >= 15 is 0 Å². The number of hydrogen-bond donors (Lipinski definition) is 10. The number of hydrogen-bond acceptors (Lipinski definition) is 16. The molecule has 0 bridgehead atoms. The van der Waals surface area contributed by atoms with Gasteiger partial charge in [-0.05, 0) is 99.3 Å². The predicted octanol–water partition coefficient (Wildman–Crippen LogP) is 0.764. The summed E-state index contributed by atoms with van der Waals surface area (Å²) < 4.78 is 0. The van der Waals surface area contributed by atoms with E-state index in [1.54, 1.807) is 79.7 Å². The van der Waals surface area contributed by atoms with Crippen molar-refractivity contribution < 1.29 is 74.0 Å². The van der Waals surface area contributed by atoms with Gasteiger partial charge in [-0.2, -0.15) is 25.3 Å². The number of imide groups is 3. The Bertz CT molecular complexity index is 1810. The van der Waals surface area contributed by atoms with Gasteiger partial charge in [-0.3, -0.25) is 48.9 Å². The first-order valence-corrected chi connectivity index (χ1v) is 23.6. The van der Waals surface area contributed by atoms with Gasteiger partial charge >= 0.3 is 29.6 Å². The zero-order chi connectivity index (χ0) is 48.6. The SMILES string of the molecule is Br.CCO.N=C(N)SCCCN1C(=O)c2ccccc2C1=O.NC(N)=S.NCCCS.NCCO.O=C1c2ccccc2C(=O)N1CCCBr.O=C1c2ccccc2C(=O)N1CCCS.[Na+].[OH-]. The monoisotopic (exact) mass is 1150 g/mol. The number of rotatable bonds is 13. The topological polar surface area (TPSA) is 337 Å². The Morgan fingerprint density at radius 2 is 0.881 bits per heavy atom. The molecule has 0 saturated carbocycles. The molecule has 3 aliphatic heterocycles. The maximum atomic E-state index is 12.0. The number of amidine groups is 1. The Morgan fingerprint density at radius 1 is 0.627 bits per heavy atom. The van der Waals surface area contributed by atoms with E-state index in [1.807, 2.05) is 0 Å². The maximum absolute atomic E-state index is 12.0. The molecule has 368 valence electrons. The third-order valence-electron chi connectivity index (χ3n) is 7.96. The molecular formula is C42H62Br2N9NaO9S4. The fraction of sp³-hybridized carbons (Fsp3) is 0.381. The number of nitrogens with two attached hydrogens (primary N) is 5. The number of fused-ring (bicyclic) bond motifs is 3. The van der Waals surface area contributed by atoms with Crippen molar-refractivity contribution in [3.05, 3.63) is 106 Å². The molecule has 0 atom stereocenters. The number of carbonyl (C=O) groups excluding carboxylic acids is 6. The number of alkyl halides is 1. The van der Waals surface area contributed by atoms with Gasteiger partial charge in [-0.25, -0.2) is 0 Å². The van der Waals surface area contributed by atoms with E-state index in [4.69, 9.17) is 32.8 Å². The van der Waals surface area contributed by atoms with Crippen molar-refractivity contribution in [1.82, 2.24) is 14.7 Å². The minimum Gasteiger partial charge on any atom is -0.870 e. The third-order valence-corrected chi connectivity index (χ3v) is 9.96. The minimum atomic E-state index is -0.233. The summed E-state index contributed by atoms with van der Waals surface area (Å²) in [6, 6.07) is 20.7. The largest absolute Gasteiger partial charge is 1.00 e. The fourth-order valence-corrected chi connectivity index (χ4v) is 6.34. The molecule has 0 unspecified atom stereocenters. The Hall–Kier alpha value is -2.95. The quantitative estimate of drug-likeness (QED) is 0.0165. The molecule has 3 aliphatic rings. The average molecular weight is 1150 g/mol. The first-order valence-electron chi connectivity index (χ1n) is 19.9. The van der Waals surface area contributed by atoms with Gasteiger partial charge in [0.05, 0.1) is 40.0 Å². The standard InChI is InChI=1S/C12H13N3O2S.C11H10BrNO2.C11H11NO2S.C3H9NS.C2H7NO.C2H6O.CH4N2S.BrH.Na.H2O/c13-12(14)18-7-3-6-15-10(16)8-4-1-2-5-9(8)11(15)17;12-6-3-7-13-10(14)8-4-1-2-5-9(8)11(13)15;13-10-8-4-1-2-5-9(8)11(14)12(10)6-3-7-15;4-2-1-3-5;3-1-2-4;1-2-3;2-1(3)4;;;/h1-2,4-5H,3,6-7H2,(H3,13,14);1-2,4-5H,3,6-7H2;1-2,4-5,15H,3,6-7H2;5H,1-4H2;4H,1-3H2;3H,2H2,1H3;(H4,2,3,4);1H;;1H2/q;;;;;;;;+1;/p-1. The van der Waals surface area contributed by atoms with Crippen molar-refractivity contribution in [2.45, 2.75) is 32.6 Å². The normalized spacial score (nSPS) is 12.0. The number of thiocarbonyl (C=S) groups is 1. The molecule has 25 heteroatoms. The van der Waals surface area contributed by atoms with Crippen LogP contribution in [-0.2, 0) is 0 Å². The number of amides is 6. The van der Waals surface area contributed by atoms with Crippen LogP contribution in [-0.4, -0.2) is 145 Å².